The summed E-state index contributed by atoms with van der Waals surface area (Å²) in [6, 6.07) is 6.35. The molecule has 0 atom stereocenters. The molecule has 0 saturated carbocycles. The molecule has 110 valence electrons. The van der Waals surface area contributed by atoms with Crippen LogP contribution in [0.1, 0.15) is 50.5 Å². The number of carboxylic acids is 1. The van der Waals surface area contributed by atoms with Gasteiger partial charge in [-0.15, -0.1) is 0 Å². The molecule has 20 heavy (non-hydrogen) atoms. The second-order valence-electron chi connectivity index (χ2n) is 4.77. The number of hydrogen-bond acceptors (Lipinski definition) is 2. The lowest BCUT2D eigenvalue weighted by Gasteiger charge is -2.02. The summed E-state index contributed by atoms with van der Waals surface area (Å²) in [5, 5.41) is 18.0. The molecule has 0 unspecified atom stereocenters. The van der Waals surface area contributed by atoms with Gasteiger partial charge >= 0.3 is 5.97 Å². The molecule has 4 heteroatoms. The van der Waals surface area contributed by atoms with Gasteiger partial charge in [-0.3, -0.25) is 4.79 Å². The second kappa shape index (κ2) is 9.13. The molecule has 0 bridgehead atoms. The van der Waals surface area contributed by atoms with Crippen LogP contribution in [0.4, 0.5) is 4.39 Å². The fraction of sp³-hybridized carbons (Fsp3) is 0.438. The van der Waals surface area contributed by atoms with E-state index in [1.807, 2.05) is 0 Å². The van der Waals surface area contributed by atoms with Gasteiger partial charge in [-0.05, 0) is 37.5 Å². The summed E-state index contributed by atoms with van der Waals surface area (Å²) in [5.74, 6) is -1.19. The van der Waals surface area contributed by atoms with Gasteiger partial charge in [0.15, 0.2) is 0 Å². The Labute approximate surface area is 118 Å². The smallest absolute Gasteiger partial charge is 0.303 e. The van der Waals surface area contributed by atoms with Gasteiger partial charge in [0, 0.05) is 6.42 Å². The van der Waals surface area contributed by atoms with Gasteiger partial charge in [0.1, 0.15) is 11.6 Å². The minimum atomic E-state index is -0.752. The number of rotatable bonds is 9. The van der Waals surface area contributed by atoms with E-state index in [1.54, 1.807) is 18.2 Å². The summed E-state index contributed by atoms with van der Waals surface area (Å²) >= 11 is 0. The SMILES string of the molecule is O=C(O)CCCCCCC/C=C(/F)c1ccccc1O. The van der Waals surface area contributed by atoms with Crippen LogP contribution in [0.3, 0.4) is 0 Å². The van der Waals surface area contributed by atoms with E-state index in [0.29, 0.717) is 12.8 Å². The zero-order valence-electron chi connectivity index (χ0n) is 11.5. The van der Waals surface area contributed by atoms with Crippen LogP contribution in [0.25, 0.3) is 5.83 Å². The molecule has 0 fully saturated rings. The number of unbranched alkanes of at least 4 members (excludes halogenated alkanes) is 5. The van der Waals surface area contributed by atoms with Gasteiger partial charge in [0.05, 0.1) is 5.56 Å². The number of halogens is 1. The van der Waals surface area contributed by atoms with Crippen molar-refractivity contribution in [3.05, 3.63) is 35.9 Å². The molecule has 2 N–H and O–H groups in total. The third kappa shape index (κ3) is 6.36. The molecule has 1 aromatic carbocycles. The number of aliphatic carboxylic acids is 1. The molecule has 0 aliphatic rings. The van der Waals surface area contributed by atoms with Crippen molar-refractivity contribution in [2.75, 3.05) is 0 Å². The molecule has 3 nitrogen and oxygen atoms in total. The lowest BCUT2D eigenvalue weighted by atomic mass is 10.1. The molecule has 0 radical (unpaired) electrons. The first kappa shape index (κ1) is 16.2. The molecule has 0 heterocycles. The standard InChI is InChI=1S/C16H21FO3/c17-14(13-9-7-8-11-15(13)18)10-5-3-1-2-4-6-12-16(19)20/h7-11,18H,1-6,12H2,(H,19,20)/b14-10+. The van der Waals surface area contributed by atoms with Crippen LogP contribution in [0.5, 0.6) is 5.75 Å². The van der Waals surface area contributed by atoms with Gasteiger partial charge in [-0.2, -0.15) is 0 Å². The first-order chi connectivity index (χ1) is 9.61. The zero-order valence-corrected chi connectivity index (χ0v) is 11.5. The maximum absolute atomic E-state index is 13.8. The largest absolute Gasteiger partial charge is 0.507 e. The second-order valence-corrected chi connectivity index (χ2v) is 4.77. The zero-order chi connectivity index (χ0) is 14.8. The molecule has 0 amide bonds. The highest BCUT2D eigenvalue weighted by molar-refractivity contribution is 5.66. The Morgan fingerprint density at radius 1 is 1.10 bits per heavy atom. The highest BCUT2D eigenvalue weighted by atomic mass is 19.1. The van der Waals surface area contributed by atoms with E-state index < -0.39 is 11.8 Å². The van der Waals surface area contributed by atoms with Crippen molar-refractivity contribution in [2.24, 2.45) is 0 Å². The third-order valence-electron chi connectivity index (χ3n) is 3.08. The van der Waals surface area contributed by atoms with E-state index in [4.69, 9.17) is 5.11 Å². The number of carbonyl (C=O) groups is 1. The average molecular weight is 280 g/mol. The van der Waals surface area contributed by atoms with E-state index >= 15 is 0 Å². The van der Waals surface area contributed by atoms with Crippen LogP contribution in [0.15, 0.2) is 30.3 Å². The summed E-state index contributed by atoms with van der Waals surface area (Å²) in [6.45, 7) is 0. The fourth-order valence-electron chi connectivity index (χ4n) is 1.97. The van der Waals surface area contributed by atoms with Crippen molar-refractivity contribution in [1.82, 2.24) is 0 Å². The van der Waals surface area contributed by atoms with Gasteiger partial charge in [0.2, 0.25) is 0 Å². The minimum Gasteiger partial charge on any atom is -0.507 e. The van der Waals surface area contributed by atoms with E-state index in [1.165, 1.54) is 12.1 Å². The lowest BCUT2D eigenvalue weighted by Crippen LogP contribution is -1.93. The van der Waals surface area contributed by atoms with E-state index in [9.17, 15) is 14.3 Å². The molecular weight excluding hydrogens is 259 g/mol. The number of allylic oxidation sites excluding steroid dienone is 1. The molecule has 1 aromatic rings. The Hall–Kier alpha value is -1.84. The van der Waals surface area contributed by atoms with Gasteiger partial charge < -0.3 is 10.2 Å². The molecule has 0 spiro atoms. The molecule has 0 aliphatic carbocycles. The molecule has 0 aliphatic heterocycles. The molecule has 0 aromatic heterocycles. The number of para-hydroxylation sites is 1. The van der Waals surface area contributed by atoms with E-state index in [2.05, 4.69) is 0 Å². The van der Waals surface area contributed by atoms with Crippen LogP contribution >= 0.6 is 0 Å². The number of hydrogen-bond donors (Lipinski definition) is 2. The Bertz CT molecular complexity index is 455. The summed E-state index contributed by atoms with van der Waals surface area (Å²) in [7, 11) is 0. The van der Waals surface area contributed by atoms with Crippen LogP contribution in [0, 0.1) is 0 Å². The number of phenols is 1. The lowest BCUT2D eigenvalue weighted by molar-refractivity contribution is -0.137. The summed E-state index contributed by atoms with van der Waals surface area (Å²) in [4.78, 5) is 10.3. The Morgan fingerprint density at radius 3 is 2.45 bits per heavy atom. The predicted molar refractivity (Wildman–Crippen MR) is 77.1 cm³/mol. The topological polar surface area (TPSA) is 57.5 Å². The predicted octanol–water partition coefficient (Wildman–Crippen LogP) is 4.52. The van der Waals surface area contributed by atoms with Crippen molar-refractivity contribution in [2.45, 2.75) is 44.9 Å². The van der Waals surface area contributed by atoms with E-state index in [0.717, 1.165) is 25.7 Å². The maximum atomic E-state index is 13.8. The monoisotopic (exact) mass is 280 g/mol. The molecule has 0 saturated heterocycles. The van der Waals surface area contributed by atoms with Crippen molar-refractivity contribution in [3.63, 3.8) is 0 Å². The normalized spacial score (nSPS) is 11.6. The summed E-state index contributed by atoms with van der Waals surface area (Å²) in [6.07, 6.45) is 6.75. The van der Waals surface area contributed by atoms with Crippen LogP contribution in [0.2, 0.25) is 0 Å². The van der Waals surface area contributed by atoms with Gasteiger partial charge in [-0.1, -0.05) is 31.4 Å². The first-order valence-electron chi connectivity index (χ1n) is 6.97. The molecular formula is C16H21FO3. The highest BCUT2D eigenvalue weighted by Crippen LogP contribution is 2.26. The van der Waals surface area contributed by atoms with Gasteiger partial charge in [0.25, 0.3) is 0 Å². The van der Waals surface area contributed by atoms with Crippen LogP contribution in [-0.2, 0) is 4.79 Å². The highest BCUT2D eigenvalue weighted by Gasteiger charge is 2.04. The Balaban J connectivity index is 2.18. The van der Waals surface area contributed by atoms with Crippen LogP contribution < -0.4 is 0 Å². The third-order valence-corrected chi connectivity index (χ3v) is 3.08. The first-order valence-corrected chi connectivity index (χ1v) is 6.97. The van der Waals surface area contributed by atoms with Crippen molar-refractivity contribution >= 4 is 11.8 Å². The van der Waals surface area contributed by atoms with Crippen LogP contribution in [-0.4, -0.2) is 16.2 Å². The Kier molecular flexibility index (Phi) is 7.40. The number of benzene rings is 1. The maximum Gasteiger partial charge on any atom is 0.303 e. The fourth-order valence-corrected chi connectivity index (χ4v) is 1.97. The summed E-state index contributed by atoms with van der Waals surface area (Å²) in [5.41, 5.74) is 0.231. The Morgan fingerprint density at radius 2 is 1.75 bits per heavy atom. The van der Waals surface area contributed by atoms with Gasteiger partial charge in [-0.25, -0.2) is 4.39 Å². The molecule has 1 rings (SSSR count). The van der Waals surface area contributed by atoms with Crippen molar-refractivity contribution < 1.29 is 19.4 Å². The summed E-state index contributed by atoms with van der Waals surface area (Å²) < 4.78 is 13.8. The number of aromatic hydroxyl groups is 1. The number of carboxylic acid groups (broad SMARTS) is 1. The minimum absolute atomic E-state index is 0.0464. The van der Waals surface area contributed by atoms with Crippen molar-refractivity contribution in [1.29, 1.82) is 0 Å². The quantitative estimate of drug-likeness (QED) is 0.654. The van der Waals surface area contributed by atoms with Crippen molar-refractivity contribution in [3.8, 4) is 5.75 Å². The number of phenolic OH excluding ortho intramolecular Hbond substituents is 1. The van der Waals surface area contributed by atoms with E-state index in [-0.39, 0.29) is 17.7 Å². The average Bonchev–Trinajstić information content (AvgIpc) is 2.41.